The fourth-order valence-electron chi connectivity index (χ4n) is 3.59. The van der Waals surface area contributed by atoms with Crippen molar-refractivity contribution in [1.29, 1.82) is 0 Å². The van der Waals surface area contributed by atoms with Crippen molar-refractivity contribution < 1.29 is 19.1 Å². The molecule has 1 aliphatic carbocycles. The molecular formula is C19H24N4O4. The number of urea groups is 1. The number of fused-ring (bicyclic) bond motifs is 1. The second-order valence-electron chi connectivity index (χ2n) is 7.51. The van der Waals surface area contributed by atoms with E-state index in [0.29, 0.717) is 36.6 Å². The molecule has 1 saturated carbocycles. The number of benzene rings is 1. The van der Waals surface area contributed by atoms with Crippen LogP contribution in [0.3, 0.4) is 0 Å². The van der Waals surface area contributed by atoms with Gasteiger partial charge in [0.2, 0.25) is 0 Å². The number of likely N-dealkylation sites (N-methyl/N-ethyl adjacent to an activating group) is 1. The summed E-state index contributed by atoms with van der Waals surface area (Å²) in [6.45, 7) is 3.60. The molecule has 27 heavy (non-hydrogen) atoms. The predicted molar refractivity (Wildman–Crippen MR) is 98.8 cm³/mol. The second-order valence-corrected chi connectivity index (χ2v) is 7.51. The van der Waals surface area contributed by atoms with Crippen molar-refractivity contribution in [2.24, 2.45) is 5.92 Å². The number of hydrogen-bond acceptors (Lipinski definition) is 5. The van der Waals surface area contributed by atoms with Gasteiger partial charge in [-0.3, -0.25) is 14.5 Å². The van der Waals surface area contributed by atoms with E-state index in [1.54, 1.807) is 18.2 Å². The molecule has 1 saturated heterocycles. The number of carbonyl (C=O) groups is 3. The Balaban J connectivity index is 1.35. The van der Waals surface area contributed by atoms with E-state index in [-0.39, 0.29) is 29.8 Å². The molecule has 3 aliphatic rings. The van der Waals surface area contributed by atoms with Gasteiger partial charge in [-0.05, 0) is 38.1 Å². The first-order valence-electron chi connectivity index (χ1n) is 9.36. The van der Waals surface area contributed by atoms with Gasteiger partial charge in [-0.2, -0.15) is 0 Å². The molecule has 0 spiro atoms. The van der Waals surface area contributed by atoms with Crippen molar-refractivity contribution in [2.75, 3.05) is 45.2 Å². The minimum absolute atomic E-state index is 0.0389. The summed E-state index contributed by atoms with van der Waals surface area (Å²) in [4.78, 5) is 40.6. The summed E-state index contributed by atoms with van der Waals surface area (Å²) in [5.74, 6) is -0.263. The topological polar surface area (TPSA) is 91.0 Å². The highest BCUT2D eigenvalue weighted by atomic mass is 16.5. The molecular weight excluding hydrogens is 348 g/mol. The van der Waals surface area contributed by atoms with E-state index in [1.807, 2.05) is 7.05 Å². The molecule has 0 unspecified atom stereocenters. The third-order valence-electron chi connectivity index (χ3n) is 5.18. The van der Waals surface area contributed by atoms with Crippen molar-refractivity contribution in [3.05, 3.63) is 29.3 Å². The van der Waals surface area contributed by atoms with Crippen LogP contribution in [-0.4, -0.2) is 73.6 Å². The van der Waals surface area contributed by atoms with Gasteiger partial charge < -0.3 is 20.3 Å². The first-order valence-corrected chi connectivity index (χ1v) is 9.36. The van der Waals surface area contributed by atoms with E-state index in [0.717, 1.165) is 25.9 Å². The van der Waals surface area contributed by atoms with Gasteiger partial charge in [-0.15, -0.1) is 0 Å². The maximum absolute atomic E-state index is 12.5. The van der Waals surface area contributed by atoms with E-state index in [9.17, 15) is 14.4 Å². The average molecular weight is 372 g/mol. The Kier molecular flexibility index (Phi) is 4.84. The molecule has 8 heteroatoms. The Labute approximate surface area is 157 Å². The number of hydrogen-bond donors (Lipinski definition) is 2. The number of ether oxygens (including phenoxy) is 1. The van der Waals surface area contributed by atoms with E-state index in [4.69, 9.17) is 4.74 Å². The summed E-state index contributed by atoms with van der Waals surface area (Å²) < 4.78 is 5.55. The van der Waals surface area contributed by atoms with E-state index >= 15 is 0 Å². The van der Waals surface area contributed by atoms with Crippen LogP contribution in [0, 0.1) is 5.92 Å². The summed E-state index contributed by atoms with van der Waals surface area (Å²) in [6.07, 6.45) is 1.75. The Bertz CT molecular complexity index is 777. The fourth-order valence-corrected chi connectivity index (χ4v) is 3.59. The average Bonchev–Trinajstić information content (AvgIpc) is 3.45. The highest BCUT2D eigenvalue weighted by Gasteiger charge is 2.44. The van der Waals surface area contributed by atoms with Crippen LogP contribution < -0.4 is 10.6 Å². The summed E-state index contributed by atoms with van der Waals surface area (Å²) in [5, 5.41) is 5.60. The SMILES string of the molecule is CN1CCOC[C@@H](CNC(=O)Nc2ccc3c(c2)C(=O)N(C2CC2)C3=O)C1. The molecule has 2 heterocycles. The number of amides is 4. The largest absolute Gasteiger partial charge is 0.380 e. The molecule has 0 bridgehead atoms. The van der Waals surface area contributed by atoms with Crippen molar-refractivity contribution in [3.63, 3.8) is 0 Å². The highest BCUT2D eigenvalue weighted by molar-refractivity contribution is 6.22. The molecule has 144 valence electrons. The van der Waals surface area contributed by atoms with E-state index in [2.05, 4.69) is 15.5 Å². The highest BCUT2D eigenvalue weighted by Crippen LogP contribution is 2.35. The van der Waals surface area contributed by atoms with Crippen LogP contribution in [0.15, 0.2) is 18.2 Å². The van der Waals surface area contributed by atoms with Crippen LogP contribution in [0.25, 0.3) is 0 Å². The maximum atomic E-state index is 12.5. The lowest BCUT2D eigenvalue weighted by molar-refractivity contribution is 0.0642. The van der Waals surface area contributed by atoms with Crippen LogP contribution >= 0.6 is 0 Å². The van der Waals surface area contributed by atoms with Gasteiger partial charge in [-0.1, -0.05) is 0 Å². The van der Waals surface area contributed by atoms with Crippen molar-refractivity contribution in [3.8, 4) is 0 Å². The quantitative estimate of drug-likeness (QED) is 0.774. The van der Waals surface area contributed by atoms with Crippen LogP contribution in [0.1, 0.15) is 33.6 Å². The zero-order valence-electron chi connectivity index (χ0n) is 15.4. The number of nitrogens with one attached hydrogen (secondary N) is 2. The third-order valence-corrected chi connectivity index (χ3v) is 5.18. The zero-order valence-corrected chi connectivity index (χ0v) is 15.4. The van der Waals surface area contributed by atoms with Crippen LogP contribution in [0.5, 0.6) is 0 Å². The molecule has 0 radical (unpaired) electrons. The standard InChI is InChI=1S/C19H24N4O4/c1-22-6-7-27-11-12(10-22)9-20-19(26)21-13-2-5-15-16(8-13)18(25)23(17(15)24)14-3-4-14/h2,5,8,12,14H,3-4,6-7,9-11H2,1H3,(H2,20,21,26)/t12-/m0/s1. The van der Waals surface area contributed by atoms with Gasteiger partial charge >= 0.3 is 6.03 Å². The molecule has 1 aromatic rings. The van der Waals surface area contributed by atoms with Crippen LogP contribution in [0.2, 0.25) is 0 Å². The smallest absolute Gasteiger partial charge is 0.319 e. The lowest BCUT2D eigenvalue weighted by atomic mass is 10.1. The van der Waals surface area contributed by atoms with Gasteiger partial charge in [0.1, 0.15) is 0 Å². The number of anilines is 1. The van der Waals surface area contributed by atoms with Gasteiger partial charge in [0.15, 0.2) is 0 Å². The van der Waals surface area contributed by atoms with Gasteiger partial charge in [0.05, 0.1) is 24.3 Å². The summed E-state index contributed by atoms with van der Waals surface area (Å²) in [7, 11) is 2.04. The van der Waals surface area contributed by atoms with E-state index < -0.39 is 0 Å². The van der Waals surface area contributed by atoms with Crippen molar-refractivity contribution in [2.45, 2.75) is 18.9 Å². The van der Waals surface area contributed by atoms with Gasteiger partial charge in [0.25, 0.3) is 11.8 Å². The zero-order chi connectivity index (χ0) is 19.0. The molecule has 2 fully saturated rings. The van der Waals surface area contributed by atoms with Crippen LogP contribution in [0.4, 0.5) is 10.5 Å². The van der Waals surface area contributed by atoms with Crippen LogP contribution in [-0.2, 0) is 4.74 Å². The second kappa shape index (κ2) is 7.28. The Hall–Kier alpha value is -2.45. The van der Waals surface area contributed by atoms with Gasteiger partial charge in [0, 0.05) is 37.3 Å². The molecule has 8 nitrogen and oxygen atoms in total. The Morgan fingerprint density at radius 2 is 2.00 bits per heavy atom. The molecule has 0 aromatic heterocycles. The number of carbonyl (C=O) groups excluding carboxylic acids is 3. The number of imide groups is 1. The normalized spacial score (nSPS) is 23.1. The number of nitrogens with zero attached hydrogens (tertiary/aromatic N) is 2. The van der Waals surface area contributed by atoms with Crippen molar-refractivity contribution in [1.82, 2.24) is 15.1 Å². The monoisotopic (exact) mass is 372 g/mol. The molecule has 4 amide bonds. The summed E-state index contributed by atoms with van der Waals surface area (Å²) in [6, 6.07) is 4.55. The lowest BCUT2D eigenvalue weighted by Gasteiger charge is -2.19. The Morgan fingerprint density at radius 3 is 2.78 bits per heavy atom. The first kappa shape index (κ1) is 17.9. The minimum Gasteiger partial charge on any atom is -0.380 e. The predicted octanol–water partition coefficient (Wildman–Crippen LogP) is 1.14. The minimum atomic E-state index is -0.335. The third kappa shape index (κ3) is 3.81. The first-order chi connectivity index (χ1) is 13.0. The van der Waals surface area contributed by atoms with E-state index in [1.165, 1.54) is 4.90 Å². The maximum Gasteiger partial charge on any atom is 0.319 e. The summed E-state index contributed by atoms with van der Waals surface area (Å²) >= 11 is 0. The van der Waals surface area contributed by atoms with Crippen molar-refractivity contribution >= 4 is 23.5 Å². The molecule has 2 aliphatic heterocycles. The van der Waals surface area contributed by atoms with Gasteiger partial charge in [-0.25, -0.2) is 4.79 Å². The molecule has 4 rings (SSSR count). The lowest BCUT2D eigenvalue weighted by Crippen LogP contribution is -2.37. The fraction of sp³-hybridized carbons (Fsp3) is 0.526. The molecule has 2 N–H and O–H groups in total. The number of rotatable bonds is 4. The Morgan fingerprint density at radius 1 is 1.22 bits per heavy atom. The summed E-state index contributed by atoms with van der Waals surface area (Å²) in [5.41, 5.74) is 1.28. The molecule has 1 atom stereocenters. The molecule has 1 aromatic carbocycles.